The molecular formula is C29H39N3O8. The number of nitrogens with one attached hydrogen (secondary N) is 1. The number of Topliss-reactive ketones (excluding diaryl/α,β-unsaturated/α-hetero) is 1. The van der Waals surface area contributed by atoms with Crippen LogP contribution in [0.1, 0.15) is 62.8 Å². The minimum atomic E-state index is -1.02. The number of amides is 2. The van der Waals surface area contributed by atoms with Gasteiger partial charge in [0.15, 0.2) is 5.69 Å². The molecule has 3 N–H and O–H groups in total. The van der Waals surface area contributed by atoms with E-state index in [0.717, 1.165) is 0 Å². The molecule has 3 heterocycles. The van der Waals surface area contributed by atoms with E-state index in [1.807, 2.05) is 13.8 Å². The van der Waals surface area contributed by atoms with E-state index in [9.17, 15) is 29.4 Å². The second-order valence-corrected chi connectivity index (χ2v) is 10.4. The van der Waals surface area contributed by atoms with Gasteiger partial charge >= 0.3 is 5.97 Å². The third kappa shape index (κ3) is 8.72. The number of hydrogen-bond acceptors (Lipinski definition) is 9. The van der Waals surface area contributed by atoms with Gasteiger partial charge in [-0.25, -0.2) is 9.78 Å². The summed E-state index contributed by atoms with van der Waals surface area (Å²) in [5, 5.41) is 22.5. The molecule has 0 radical (unpaired) electrons. The van der Waals surface area contributed by atoms with Crippen LogP contribution in [0, 0.1) is 11.8 Å². The van der Waals surface area contributed by atoms with Crippen molar-refractivity contribution in [3.05, 3.63) is 53.8 Å². The summed E-state index contributed by atoms with van der Waals surface area (Å²) in [6.07, 6.45) is 8.58. The quantitative estimate of drug-likeness (QED) is 0.472. The number of esters is 1. The largest absolute Gasteiger partial charge is 0.460 e. The fourth-order valence-corrected chi connectivity index (χ4v) is 4.92. The zero-order chi connectivity index (χ0) is 29.2. The van der Waals surface area contributed by atoms with E-state index in [2.05, 4.69) is 10.3 Å². The summed E-state index contributed by atoms with van der Waals surface area (Å²) in [6, 6.07) is -0.823. The molecule has 1 saturated heterocycles. The van der Waals surface area contributed by atoms with Crippen molar-refractivity contribution in [1.29, 1.82) is 0 Å². The zero-order valence-electron chi connectivity index (χ0n) is 23.2. The fourth-order valence-electron chi connectivity index (χ4n) is 4.92. The summed E-state index contributed by atoms with van der Waals surface area (Å²) in [4.78, 5) is 56.9. The molecule has 0 unspecified atom stereocenters. The van der Waals surface area contributed by atoms with E-state index < -0.39 is 30.1 Å². The molecule has 0 aliphatic carbocycles. The summed E-state index contributed by atoms with van der Waals surface area (Å²) >= 11 is 0. The maximum Gasteiger partial charge on any atom is 0.329 e. The van der Waals surface area contributed by atoms with Crippen LogP contribution in [0.3, 0.4) is 0 Å². The van der Waals surface area contributed by atoms with Crippen LogP contribution in [0.4, 0.5) is 0 Å². The molecule has 2 aliphatic heterocycles. The van der Waals surface area contributed by atoms with Gasteiger partial charge in [-0.3, -0.25) is 14.4 Å². The first kappa shape index (κ1) is 31.0. The van der Waals surface area contributed by atoms with Gasteiger partial charge in [-0.2, -0.15) is 0 Å². The normalized spacial score (nSPS) is 27.4. The minimum absolute atomic E-state index is 0.0187. The third-order valence-electron chi connectivity index (χ3n) is 7.04. The number of ketones is 1. The summed E-state index contributed by atoms with van der Waals surface area (Å²) in [5.41, 5.74) is 0.693. The molecule has 3 rings (SSSR count). The Bertz CT molecular complexity index is 1150. The van der Waals surface area contributed by atoms with Crippen molar-refractivity contribution >= 4 is 23.6 Å². The van der Waals surface area contributed by atoms with Gasteiger partial charge in [0.1, 0.15) is 24.2 Å². The molecular weight excluding hydrogens is 518 g/mol. The number of oxazole rings is 1. The van der Waals surface area contributed by atoms with Crippen LogP contribution in [0.2, 0.25) is 0 Å². The highest BCUT2D eigenvalue weighted by Crippen LogP contribution is 2.26. The molecule has 2 aliphatic rings. The number of allylic oxidation sites excluding steroid dienone is 2. The lowest BCUT2D eigenvalue weighted by atomic mass is 9.90. The number of fused-ring (bicyclic) bond motifs is 3. The molecule has 2 amide bonds. The molecule has 1 aromatic rings. The molecule has 1 fully saturated rings. The number of ether oxygens (including phenoxy) is 1. The Morgan fingerprint density at radius 2 is 2.00 bits per heavy atom. The topological polar surface area (TPSA) is 159 Å². The van der Waals surface area contributed by atoms with Crippen molar-refractivity contribution in [3.63, 3.8) is 0 Å². The van der Waals surface area contributed by atoms with Gasteiger partial charge in [-0.05, 0) is 38.2 Å². The van der Waals surface area contributed by atoms with Crippen LogP contribution in [0.25, 0.3) is 0 Å². The number of carbonyl (C=O) groups is 4. The van der Waals surface area contributed by atoms with E-state index in [-0.39, 0.29) is 61.1 Å². The van der Waals surface area contributed by atoms with Crippen molar-refractivity contribution in [3.8, 4) is 0 Å². The van der Waals surface area contributed by atoms with Crippen LogP contribution in [-0.2, 0) is 25.5 Å². The molecule has 2 bridgehead atoms. The minimum Gasteiger partial charge on any atom is -0.460 e. The second-order valence-electron chi connectivity index (χ2n) is 10.4. The number of aliphatic hydroxyl groups excluding tert-OH is 2. The van der Waals surface area contributed by atoms with Crippen molar-refractivity contribution in [2.24, 2.45) is 11.8 Å². The van der Waals surface area contributed by atoms with Crippen molar-refractivity contribution < 1.29 is 38.5 Å². The maximum atomic E-state index is 13.3. The summed E-state index contributed by atoms with van der Waals surface area (Å²) in [7, 11) is 0. The zero-order valence-corrected chi connectivity index (χ0v) is 23.2. The van der Waals surface area contributed by atoms with Crippen LogP contribution < -0.4 is 5.32 Å². The third-order valence-corrected chi connectivity index (χ3v) is 7.04. The Morgan fingerprint density at radius 3 is 2.75 bits per heavy atom. The predicted molar refractivity (Wildman–Crippen MR) is 145 cm³/mol. The van der Waals surface area contributed by atoms with Gasteiger partial charge in [0.2, 0.25) is 11.8 Å². The highest BCUT2D eigenvalue weighted by atomic mass is 16.5. The first-order chi connectivity index (χ1) is 19.1. The average Bonchev–Trinajstić information content (AvgIpc) is 3.57. The lowest BCUT2D eigenvalue weighted by Crippen LogP contribution is -2.44. The Balaban J connectivity index is 1.87. The van der Waals surface area contributed by atoms with Gasteiger partial charge in [-0.15, -0.1) is 0 Å². The molecule has 11 heteroatoms. The molecule has 11 nitrogen and oxygen atoms in total. The predicted octanol–water partition coefficient (Wildman–Crippen LogP) is 1.90. The van der Waals surface area contributed by atoms with E-state index in [1.165, 1.54) is 23.3 Å². The van der Waals surface area contributed by atoms with Gasteiger partial charge in [0.05, 0.1) is 12.5 Å². The Hall–Kier alpha value is -3.57. The fraction of sp³-hybridized carbons (Fsp3) is 0.552. The molecule has 0 saturated carbocycles. The van der Waals surface area contributed by atoms with Crippen LogP contribution >= 0.6 is 0 Å². The molecule has 1 aromatic heterocycles. The van der Waals surface area contributed by atoms with E-state index in [0.29, 0.717) is 31.4 Å². The standard InChI is InChI=1S/C29H39N3O8/c1-18-6-4-11-30-25(36)9-8-19(2)27(20(3)10-13-33)40-29(38)24-7-5-12-32(24)28(37)23-17-39-26(31-23)16-22(35)15-21(34)14-18/h4,6,8-9,14,17,19-21,24,27,33-34H,5,7,10-13,15-16H2,1-3H3,(H,30,36)/b6-4?,9-8+,18-14?/t19-,20-,21-,24-,27+/m1/s1. The van der Waals surface area contributed by atoms with Gasteiger partial charge in [0, 0.05) is 32.0 Å². The van der Waals surface area contributed by atoms with E-state index in [4.69, 9.17) is 9.15 Å². The van der Waals surface area contributed by atoms with Gasteiger partial charge in [-0.1, -0.05) is 43.7 Å². The summed E-state index contributed by atoms with van der Waals surface area (Å²) in [6.45, 7) is 5.94. The molecule has 40 heavy (non-hydrogen) atoms. The lowest BCUT2D eigenvalue weighted by molar-refractivity contribution is -0.158. The monoisotopic (exact) mass is 557 g/mol. The maximum absolute atomic E-state index is 13.3. The molecule has 218 valence electrons. The first-order valence-corrected chi connectivity index (χ1v) is 13.7. The molecule has 0 spiro atoms. The summed E-state index contributed by atoms with van der Waals surface area (Å²) < 4.78 is 11.3. The number of rotatable bonds is 3. The van der Waals surface area contributed by atoms with E-state index in [1.54, 1.807) is 25.2 Å². The van der Waals surface area contributed by atoms with Gasteiger partial charge < -0.3 is 29.6 Å². The second kappa shape index (κ2) is 14.7. The van der Waals surface area contributed by atoms with E-state index >= 15 is 0 Å². The smallest absolute Gasteiger partial charge is 0.329 e. The Morgan fingerprint density at radius 1 is 1.23 bits per heavy atom. The number of aromatic nitrogens is 1. The Labute approximate surface area is 234 Å². The van der Waals surface area contributed by atoms with Crippen molar-refractivity contribution in [2.45, 2.75) is 71.1 Å². The number of aliphatic hydroxyl groups is 2. The highest BCUT2D eigenvalue weighted by Gasteiger charge is 2.39. The van der Waals surface area contributed by atoms with Crippen LogP contribution in [0.15, 0.2) is 46.6 Å². The van der Waals surface area contributed by atoms with Crippen molar-refractivity contribution in [2.75, 3.05) is 19.7 Å². The number of hydrogen-bond donors (Lipinski definition) is 3. The van der Waals surface area contributed by atoms with Gasteiger partial charge in [0.25, 0.3) is 5.91 Å². The molecule has 5 atom stereocenters. The Kier molecular flexibility index (Phi) is 11.4. The number of nitrogens with zero attached hydrogens (tertiary/aromatic N) is 2. The van der Waals surface area contributed by atoms with Crippen LogP contribution in [0.5, 0.6) is 0 Å². The van der Waals surface area contributed by atoms with Crippen molar-refractivity contribution in [1.82, 2.24) is 15.2 Å². The summed E-state index contributed by atoms with van der Waals surface area (Å²) in [5.74, 6) is -2.23. The average molecular weight is 558 g/mol. The number of cyclic esters (lactones) is 1. The van der Waals surface area contributed by atoms with Crippen LogP contribution in [-0.4, -0.2) is 81.6 Å². The highest BCUT2D eigenvalue weighted by molar-refractivity contribution is 5.95. The SMILES string of the molecule is CC1=C[C@@H](O)CC(=O)Cc2nc(co2)C(=O)N2CCC[C@@H]2C(=O)O[C@H]([C@H](C)CCO)[C@H](C)/C=C/C(=O)NCC=C1. The lowest BCUT2D eigenvalue weighted by Gasteiger charge is -2.30. The number of carbonyl (C=O) groups excluding carboxylic acids is 4. The molecule has 0 aromatic carbocycles. The first-order valence-electron chi connectivity index (χ1n) is 13.7.